The van der Waals surface area contributed by atoms with Crippen molar-refractivity contribution in [1.29, 1.82) is 0 Å². The molecule has 0 saturated carbocycles. The number of amides is 1. The van der Waals surface area contributed by atoms with Crippen LogP contribution in [0.1, 0.15) is 44.1 Å². The lowest BCUT2D eigenvalue weighted by molar-refractivity contribution is -0.148. The summed E-state index contributed by atoms with van der Waals surface area (Å²) in [5, 5.41) is 9.19. The first-order chi connectivity index (χ1) is 10.6. The molecule has 1 aliphatic heterocycles. The zero-order chi connectivity index (χ0) is 16.1. The summed E-state index contributed by atoms with van der Waals surface area (Å²) in [7, 11) is 1.62. The molecule has 22 heavy (non-hydrogen) atoms. The molecule has 0 aromatic heterocycles. The van der Waals surface area contributed by atoms with Gasteiger partial charge in [-0.15, -0.1) is 0 Å². The Balaban J connectivity index is 2.05. The van der Waals surface area contributed by atoms with Gasteiger partial charge in [-0.3, -0.25) is 4.79 Å². The number of likely N-dealkylation sites (tertiary alicyclic amines) is 1. The predicted molar refractivity (Wildman–Crippen MR) is 83.0 cm³/mol. The first-order valence-electron chi connectivity index (χ1n) is 7.73. The number of methoxy groups -OCH3 is 1. The molecule has 5 nitrogen and oxygen atoms in total. The minimum atomic E-state index is -0.900. The van der Waals surface area contributed by atoms with Crippen LogP contribution in [0, 0.1) is 0 Å². The number of carboxylic acids is 1. The van der Waals surface area contributed by atoms with Gasteiger partial charge < -0.3 is 14.7 Å². The van der Waals surface area contributed by atoms with E-state index in [-0.39, 0.29) is 11.8 Å². The molecular weight excluding hydrogens is 282 g/mol. The van der Waals surface area contributed by atoms with E-state index in [9.17, 15) is 14.7 Å². The van der Waals surface area contributed by atoms with Crippen LogP contribution in [0.4, 0.5) is 0 Å². The number of hydrogen-bond acceptors (Lipinski definition) is 3. The number of nitrogens with zero attached hydrogens (tertiary/aromatic N) is 1. The number of hydrogen-bond donors (Lipinski definition) is 1. The molecule has 1 aromatic rings. The van der Waals surface area contributed by atoms with Crippen molar-refractivity contribution in [2.75, 3.05) is 13.7 Å². The second-order valence-electron chi connectivity index (χ2n) is 5.67. The molecule has 1 fully saturated rings. The maximum absolute atomic E-state index is 12.5. The molecule has 1 N–H and O–H groups in total. The van der Waals surface area contributed by atoms with Gasteiger partial charge in [-0.2, -0.15) is 0 Å². The van der Waals surface area contributed by atoms with Crippen LogP contribution >= 0.6 is 0 Å². The van der Waals surface area contributed by atoms with Gasteiger partial charge in [0.25, 0.3) is 0 Å². The predicted octanol–water partition coefficient (Wildman–Crippen LogP) is 2.65. The van der Waals surface area contributed by atoms with Crippen molar-refractivity contribution in [3.8, 4) is 5.75 Å². The van der Waals surface area contributed by atoms with Gasteiger partial charge in [0.05, 0.1) is 7.11 Å². The Morgan fingerprint density at radius 2 is 2.05 bits per heavy atom. The smallest absolute Gasteiger partial charge is 0.326 e. The normalized spacial score (nSPS) is 19.0. The molecular formula is C17H23NO4. The molecule has 2 atom stereocenters. The highest BCUT2D eigenvalue weighted by atomic mass is 16.5. The Bertz CT molecular complexity index is 526. The van der Waals surface area contributed by atoms with E-state index < -0.39 is 12.0 Å². The molecule has 1 saturated heterocycles. The molecule has 1 aliphatic rings. The number of benzene rings is 1. The summed E-state index contributed by atoms with van der Waals surface area (Å²) < 4.78 is 5.14. The largest absolute Gasteiger partial charge is 0.497 e. The van der Waals surface area contributed by atoms with E-state index >= 15 is 0 Å². The zero-order valence-electron chi connectivity index (χ0n) is 13.1. The Morgan fingerprint density at radius 3 is 2.59 bits per heavy atom. The van der Waals surface area contributed by atoms with E-state index in [0.29, 0.717) is 19.4 Å². The number of carbonyl (C=O) groups excluding carboxylic acids is 1. The average molecular weight is 305 g/mol. The fourth-order valence-corrected chi connectivity index (χ4v) is 3.02. The minimum Gasteiger partial charge on any atom is -0.497 e. The first kappa shape index (κ1) is 16.3. The summed E-state index contributed by atoms with van der Waals surface area (Å²) in [6.07, 6.45) is 2.51. The summed E-state index contributed by atoms with van der Waals surface area (Å²) in [5.74, 6) is -0.0696. The number of carbonyl (C=O) groups is 2. The van der Waals surface area contributed by atoms with E-state index in [0.717, 1.165) is 24.2 Å². The molecule has 5 heteroatoms. The van der Waals surface area contributed by atoms with Crippen molar-refractivity contribution in [3.63, 3.8) is 0 Å². The lowest BCUT2D eigenvalue weighted by atomic mass is 9.92. The fraction of sp³-hybridized carbons (Fsp3) is 0.529. The summed E-state index contributed by atoms with van der Waals surface area (Å²) in [6, 6.07) is 7.06. The maximum atomic E-state index is 12.5. The SMILES string of the molecule is CCC(CC(=O)N1CCC[C@H]1C(=O)O)c1ccc(OC)cc1. The van der Waals surface area contributed by atoms with Gasteiger partial charge >= 0.3 is 5.97 Å². The average Bonchev–Trinajstić information content (AvgIpc) is 3.02. The topological polar surface area (TPSA) is 66.8 Å². The number of carboxylic acid groups (broad SMARTS) is 1. The first-order valence-corrected chi connectivity index (χ1v) is 7.73. The highest BCUT2D eigenvalue weighted by molar-refractivity contribution is 5.84. The fourth-order valence-electron chi connectivity index (χ4n) is 3.02. The highest BCUT2D eigenvalue weighted by Gasteiger charge is 2.34. The van der Waals surface area contributed by atoms with E-state index in [1.165, 1.54) is 4.90 Å². The van der Waals surface area contributed by atoms with E-state index in [1.54, 1.807) is 7.11 Å². The van der Waals surface area contributed by atoms with Gasteiger partial charge in [-0.1, -0.05) is 19.1 Å². The van der Waals surface area contributed by atoms with Crippen molar-refractivity contribution in [1.82, 2.24) is 4.90 Å². The van der Waals surface area contributed by atoms with Crippen LogP contribution in [0.2, 0.25) is 0 Å². The van der Waals surface area contributed by atoms with Crippen LogP contribution in [-0.2, 0) is 9.59 Å². The molecule has 120 valence electrons. The highest BCUT2D eigenvalue weighted by Crippen LogP contribution is 2.28. The van der Waals surface area contributed by atoms with Crippen LogP contribution < -0.4 is 4.74 Å². The third-order valence-corrected chi connectivity index (χ3v) is 4.36. The van der Waals surface area contributed by atoms with E-state index in [2.05, 4.69) is 0 Å². The Morgan fingerprint density at radius 1 is 1.36 bits per heavy atom. The number of aliphatic carboxylic acids is 1. The third kappa shape index (κ3) is 3.59. The van der Waals surface area contributed by atoms with Crippen LogP contribution in [-0.4, -0.2) is 41.6 Å². The third-order valence-electron chi connectivity index (χ3n) is 4.36. The van der Waals surface area contributed by atoms with Crippen LogP contribution in [0.15, 0.2) is 24.3 Å². The zero-order valence-corrected chi connectivity index (χ0v) is 13.1. The number of ether oxygens (including phenoxy) is 1. The van der Waals surface area contributed by atoms with Crippen LogP contribution in [0.3, 0.4) is 0 Å². The van der Waals surface area contributed by atoms with Gasteiger partial charge in [-0.25, -0.2) is 4.79 Å². The van der Waals surface area contributed by atoms with Crippen LogP contribution in [0.5, 0.6) is 5.75 Å². The van der Waals surface area contributed by atoms with Gasteiger partial charge in [0, 0.05) is 13.0 Å². The molecule has 0 spiro atoms. The van der Waals surface area contributed by atoms with Crippen molar-refractivity contribution < 1.29 is 19.4 Å². The molecule has 1 unspecified atom stereocenters. The molecule has 0 aliphatic carbocycles. The number of rotatable bonds is 6. The van der Waals surface area contributed by atoms with Crippen molar-refractivity contribution >= 4 is 11.9 Å². The summed E-state index contributed by atoms with van der Waals surface area (Å²) in [5.41, 5.74) is 1.09. The molecule has 0 bridgehead atoms. The van der Waals surface area contributed by atoms with Gasteiger partial charge in [-0.05, 0) is 42.9 Å². The van der Waals surface area contributed by atoms with E-state index in [4.69, 9.17) is 4.74 Å². The summed E-state index contributed by atoms with van der Waals surface area (Å²) in [4.78, 5) is 25.2. The van der Waals surface area contributed by atoms with E-state index in [1.807, 2.05) is 31.2 Å². The van der Waals surface area contributed by atoms with Crippen molar-refractivity contribution in [2.24, 2.45) is 0 Å². The lowest BCUT2D eigenvalue weighted by Gasteiger charge is -2.24. The molecule has 1 heterocycles. The Kier molecular flexibility index (Phi) is 5.41. The van der Waals surface area contributed by atoms with Gasteiger partial charge in [0.2, 0.25) is 5.91 Å². The minimum absolute atomic E-state index is 0.0624. The monoisotopic (exact) mass is 305 g/mol. The second-order valence-corrected chi connectivity index (χ2v) is 5.67. The summed E-state index contributed by atoms with van der Waals surface area (Å²) >= 11 is 0. The Labute approximate surface area is 130 Å². The van der Waals surface area contributed by atoms with Gasteiger partial charge in [0.15, 0.2) is 0 Å². The molecule has 0 radical (unpaired) electrons. The van der Waals surface area contributed by atoms with Gasteiger partial charge in [0.1, 0.15) is 11.8 Å². The Hall–Kier alpha value is -2.04. The second kappa shape index (κ2) is 7.29. The molecule has 2 rings (SSSR count). The van der Waals surface area contributed by atoms with Crippen molar-refractivity contribution in [2.45, 2.75) is 44.6 Å². The molecule has 1 aromatic carbocycles. The standard InChI is InChI=1S/C17H23NO4/c1-3-12(13-6-8-14(22-2)9-7-13)11-16(19)18-10-4-5-15(18)17(20)21/h6-9,12,15H,3-5,10-11H2,1-2H3,(H,20,21)/t12?,15-/m0/s1. The van der Waals surface area contributed by atoms with Crippen molar-refractivity contribution in [3.05, 3.63) is 29.8 Å². The molecule has 1 amide bonds. The summed E-state index contributed by atoms with van der Waals surface area (Å²) in [6.45, 7) is 2.59. The maximum Gasteiger partial charge on any atom is 0.326 e. The van der Waals surface area contributed by atoms with Crippen LogP contribution in [0.25, 0.3) is 0 Å². The lowest BCUT2D eigenvalue weighted by Crippen LogP contribution is -2.40. The quantitative estimate of drug-likeness (QED) is 0.877.